The first kappa shape index (κ1) is 15.8. The van der Waals surface area contributed by atoms with Gasteiger partial charge in [-0.2, -0.15) is 0 Å². The van der Waals surface area contributed by atoms with Gasteiger partial charge in [-0.05, 0) is 30.1 Å². The Morgan fingerprint density at radius 2 is 1.91 bits per heavy atom. The molecule has 0 aromatic rings. The third-order valence-corrected chi connectivity index (χ3v) is 6.94. The van der Waals surface area contributed by atoms with Crippen LogP contribution < -0.4 is 0 Å². The van der Waals surface area contributed by atoms with E-state index in [0.717, 1.165) is 32.5 Å². The SMILES string of the molecule is CC(C)(C)C12CC(F)CN1CC1(CC1C(=O)N1CCOCC1)C2. The molecule has 1 saturated carbocycles. The molecule has 0 aromatic heterocycles. The summed E-state index contributed by atoms with van der Waals surface area (Å²) in [5.74, 6) is 0.471. The largest absolute Gasteiger partial charge is 0.378 e. The summed E-state index contributed by atoms with van der Waals surface area (Å²) >= 11 is 0. The number of fused-ring (bicyclic) bond motifs is 1. The van der Waals surface area contributed by atoms with Crippen LogP contribution in [0.15, 0.2) is 0 Å². The van der Waals surface area contributed by atoms with E-state index in [1.54, 1.807) is 0 Å². The number of halogens is 1. The number of amides is 1. The van der Waals surface area contributed by atoms with E-state index in [9.17, 15) is 9.18 Å². The van der Waals surface area contributed by atoms with E-state index < -0.39 is 6.17 Å². The fraction of sp³-hybridized carbons (Fsp3) is 0.944. The number of alkyl halides is 1. The number of ether oxygens (including phenoxy) is 1. The second kappa shape index (κ2) is 4.92. The van der Waals surface area contributed by atoms with Crippen molar-refractivity contribution in [2.24, 2.45) is 16.7 Å². The number of hydrogen-bond donors (Lipinski definition) is 0. The molecule has 4 aliphatic rings. The highest BCUT2D eigenvalue weighted by Crippen LogP contribution is 2.68. The molecule has 1 spiro atoms. The molecule has 3 aliphatic heterocycles. The molecule has 1 aliphatic carbocycles. The van der Waals surface area contributed by atoms with Crippen LogP contribution in [0.5, 0.6) is 0 Å². The number of morpholine rings is 1. The molecule has 1 amide bonds. The molecule has 3 saturated heterocycles. The molecule has 0 N–H and O–H groups in total. The Labute approximate surface area is 138 Å². The molecule has 23 heavy (non-hydrogen) atoms. The summed E-state index contributed by atoms with van der Waals surface area (Å²) in [6.07, 6.45) is 1.91. The molecule has 5 heteroatoms. The molecule has 0 radical (unpaired) electrons. The van der Waals surface area contributed by atoms with Gasteiger partial charge < -0.3 is 9.64 Å². The lowest BCUT2D eigenvalue weighted by molar-refractivity contribution is -0.137. The van der Waals surface area contributed by atoms with Gasteiger partial charge in [0, 0.05) is 37.6 Å². The Kier molecular flexibility index (Phi) is 3.38. The number of rotatable bonds is 1. The van der Waals surface area contributed by atoms with E-state index in [0.29, 0.717) is 32.1 Å². The zero-order valence-electron chi connectivity index (χ0n) is 14.6. The molecule has 130 valence electrons. The topological polar surface area (TPSA) is 32.8 Å². The summed E-state index contributed by atoms with van der Waals surface area (Å²) in [5.41, 5.74) is 0.0990. The van der Waals surface area contributed by atoms with E-state index in [1.165, 1.54) is 0 Å². The number of carbonyl (C=O) groups is 1. The van der Waals surface area contributed by atoms with E-state index >= 15 is 0 Å². The van der Waals surface area contributed by atoms with E-state index in [4.69, 9.17) is 4.74 Å². The maximum absolute atomic E-state index is 14.1. The predicted octanol–water partition coefficient (Wildman–Crippen LogP) is 2.08. The normalized spacial score (nSPS) is 43.9. The zero-order chi connectivity index (χ0) is 16.5. The van der Waals surface area contributed by atoms with Crippen LogP contribution in [0.1, 0.15) is 40.0 Å². The lowest BCUT2D eigenvalue weighted by Crippen LogP contribution is -2.49. The molecule has 4 nitrogen and oxygen atoms in total. The third kappa shape index (κ3) is 2.26. The molecule has 4 rings (SSSR count). The van der Waals surface area contributed by atoms with Crippen molar-refractivity contribution in [1.82, 2.24) is 9.80 Å². The summed E-state index contributed by atoms with van der Waals surface area (Å²) in [6.45, 7) is 10.9. The summed E-state index contributed by atoms with van der Waals surface area (Å²) in [4.78, 5) is 17.2. The zero-order valence-corrected chi connectivity index (χ0v) is 14.6. The quantitative estimate of drug-likeness (QED) is 0.740. The van der Waals surface area contributed by atoms with Crippen LogP contribution >= 0.6 is 0 Å². The van der Waals surface area contributed by atoms with Crippen LogP contribution in [0.4, 0.5) is 4.39 Å². The van der Waals surface area contributed by atoms with Gasteiger partial charge in [-0.25, -0.2) is 4.39 Å². The highest BCUT2D eigenvalue weighted by molar-refractivity contribution is 5.83. The monoisotopic (exact) mass is 324 g/mol. The predicted molar refractivity (Wildman–Crippen MR) is 85.8 cm³/mol. The maximum Gasteiger partial charge on any atom is 0.226 e. The summed E-state index contributed by atoms with van der Waals surface area (Å²) < 4.78 is 19.5. The van der Waals surface area contributed by atoms with Crippen molar-refractivity contribution in [3.8, 4) is 0 Å². The molecule has 3 heterocycles. The molecule has 4 fully saturated rings. The number of nitrogens with zero attached hydrogens (tertiary/aromatic N) is 2. The Bertz CT molecular complexity index is 514. The van der Waals surface area contributed by atoms with Gasteiger partial charge in [-0.1, -0.05) is 20.8 Å². The lowest BCUT2D eigenvalue weighted by atomic mass is 9.69. The van der Waals surface area contributed by atoms with Crippen LogP contribution in [0.2, 0.25) is 0 Å². The fourth-order valence-electron chi connectivity index (χ4n) is 5.51. The lowest BCUT2D eigenvalue weighted by Gasteiger charge is -2.44. The highest BCUT2D eigenvalue weighted by atomic mass is 19.1. The standard InChI is InChI=1S/C18H29FN2O2/c1-16(2,3)18-8-13(19)10-21(18)12-17(11-18)9-14(17)15(22)20-4-6-23-7-5-20/h13-14H,4-12H2,1-3H3. The average Bonchev–Trinajstić information content (AvgIpc) is 2.94. The van der Waals surface area contributed by atoms with Gasteiger partial charge in [-0.3, -0.25) is 9.69 Å². The minimum atomic E-state index is -0.710. The first-order chi connectivity index (χ1) is 10.8. The van der Waals surface area contributed by atoms with Crippen LogP contribution in [-0.2, 0) is 9.53 Å². The van der Waals surface area contributed by atoms with Crippen molar-refractivity contribution < 1.29 is 13.9 Å². The Morgan fingerprint density at radius 1 is 1.22 bits per heavy atom. The van der Waals surface area contributed by atoms with Gasteiger partial charge >= 0.3 is 0 Å². The van der Waals surface area contributed by atoms with Crippen molar-refractivity contribution in [3.05, 3.63) is 0 Å². The molecule has 4 atom stereocenters. The van der Waals surface area contributed by atoms with Crippen molar-refractivity contribution >= 4 is 5.91 Å². The highest BCUT2D eigenvalue weighted by Gasteiger charge is 2.71. The van der Waals surface area contributed by atoms with Crippen LogP contribution in [-0.4, -0.2) is 66.8 Å². The van der Waals surface area contributed by atoms with Gasteiger partial charge in [0.25, 0.3) is 0 Å². The fourth-order valence-corrected chi connectivity index (χ4v) is 5.51. The minimum absolute atomic E-state index is 0.0481. The van der Waals surface area contributed by atoms with Gasteiger partial charge in [-0.15, -0.1) is 0 Å². The van der Waals surface area contributed by atoms with Gasteiger partial charge in [0.05, 0.1) is 13.2 Å². The van der Waals surface area contributed by atoms with Crippen molar-refractivity contribution in [2.75, 3.05) is 39.4 Å². The summed E-state index contributed by atoms with van der Waals surface area (Å²) in [6, 6.07) is 0. The third-order valence-electron chi connectivity index (χ3n) is 6.94. The Morgan fingerprint density at radius 3 is 2.52 bits per heavy atom. The summed E-state index contributed by atoms with van der Waals surface area (Å²) in [5, 5.41) is 0. The maximum atomic E-state index is 14.1. The smallest absolute Gasteiger partial charge is 0.226 e. The van der Waals surface area contributed by atoms with Crippen molar-refractivity contribution in [1.29, 1.82) is 0 Å². The Hall–Kier alpha value is -0.680. The second-order valence-corrected chi connectivity index (χ2v) is 9.20. The van der Waals surface area contributed by atoms with Crippen molar-refractivity contribution in [2.45, 2.75) is 51.7 Å². The molecule has 0 bridgehead atoms. The van der Waals surface area contributed by atoms with Gasteiger partial charge in [0.2, 0.25) is 5.91 Å². The summed E-state index contributed by atoms with van der Waals surface area (Å²) in [7, 11) is 0. The average molecular weight is 324 g/mol. The van der Waals surface area contributed by atoms with E-state index in [-0.39, 0.29) is 22.3 Å². The van der Waals surface area contributed by atoms with Crippen molar-refractivity contribution in [3.63, 3.8) is 0 Å². The second-order valence-electron chi connectivity index (χ2n) is 9.20. The van der Waals surface area contributed by atoms with Crippen LogP contribution in [0, 0.1) is 16.7 Å². The minimum Gasteiger partial charge on any atom is -0.378 e. The molecular weight excluding hydrogens is 295 g/mol. The van der Waals surface area contributed by atoms with Gasteiger partial charge in [0.1, 0.15) is 6.17 Å². The van der Waals surface area contributed by atoms with E-state index in [1.807, 2.05) is 4.90 Å². The first-order valence-corrected chi connectivity index (χ1v) is 9.03. The molecule has 0 aromatic carbocycles. The first-order valence-electron chi connectivity index (χ1n) is 9.03. The van der Waals surface area contributed by atoms with Crippen LogP contribution in [0.25, 0.3) is 0 Å². The van der Waals surface area contributed by atoms with E-state index in [2.05, 4.69) is 25.7 Å². The molecular formula is C18H29FN2O2. The van der Waals surface area contributed by atoms with Gasteiger partial charge in [0.15, 0.2) is 0 Å². The number of carbonyl (C=O) groups excluding carboxylic acids is 1. The number of hydrogen-bond acceptors (Lipinski definition) is 3. The van der Waals surface area contributed by atoms with Crippen LogP contribution in [0.3, 0.4) is 0 Å². The Balaban J connectivity index is 1.51. The molecule has 4 unspecified atom stereocenters.